The molecule has 8 heteroatoms. The van der Waals surface area contributed by atoms with E-state index in [4.69, 9.17) is 4.74 Å². The van der Waals surface area contributed by atoms with Crippen molar-refractivity contribution in [1.29, 1.82) is 0 Å². The van der Waals surface area contributed by atoms with Crippen molar-refractivity contribution in [3.05, 3.63) is 53.3 Å². The van der Waals surface area contributed by atoms with E-state index in [0.717, 1.165) is 0 Å². The van der Waals surface area contributed by atoms with Gasteiger partial charge in [0.25, 0.3) is 5.91 Å². The van der Waals surface area contributed by atoms with Gasteiger partial charge in [0, 0.05) is 17.6 Å². The zero-order valence-corrected chi connectivity index (χ0v) is 13.8. The fourth-order valence-electron chi connectivity index (χ4n) is 1.68. The number of nitrogens with one attached hydrogen (secondary N) is 2. The Hall–Kier alpha value is -2.74. The third-order valence-electron chi connectivity index (χ3n) is 2.90. The van der Waals surface area contributed by atoms with Gasteiger partial charge in [-0.2, -0.15) is 0 Å². The minimum absolute atomic E-state index is 0.112. The Balaban J connectivity index is 1.84. The first-order valence-electron chi connectivity index (χ1n) is 7.03. The summed E-state index contributed by atoms with van der Waals surface area (Å²) in [6.45, 7) is 5.23. The van der Waals surface area contributed by atoms with Gasteiger partial charge in [-0.3, -0.25) is 4.79 Å². The number of carbonyl (C=O) groups is 2. The molecule has 0 fully saturated rings. The molecule has 2 N–H and O–H groups in total. The van der Waals surface area contributed by atoms with E-state index in [-0.39, 0.29) is 5.69 Å². The highest BCUT2D eigenvalue weighted by atomic mass is 32.1. The summed E-state index contributed by atoms with van der Waals surface area (Å²) in [5, 5.41) is 7.48. The fourth-order valence-corrected chi connectivity index (χ4v) is 2.37. The second-order valence-electron chi connectivity index (χ2n) is 4.80. The summed E-state index contributed by atoms with van der Waals surface area (Å²) in [5.74, 6) is -1.69. The van der Waals surface area contributed by atoms with Crippen molar-refractivity contribution in [2.24, 2.45) is 0 Å². The van der Waals surface area contributed by atoms with Gasteiger partial charge < -0.3 is 15.4 Å². The molecule has 2 rings (SSSR count). The quantitative estimate of drug-likeness (QED) is 0.593. The molecule has 0 aliphatic rings. The van der Waals surface area contributed by atoms with E-state index in [2.05, 4.69) is 22.2 Å². The average Bonchev–Trinajstić information content (AvgIpc) is 3.03. The molecule has 0 saturated carbocycles. The van der Waals surface area contributed by atoms with Gasteiger partial charge in [0.2, 0.25) is 0 Å². The number of halogens is 1. The van der Waals surface area contributed by atoms with Crippen molar-refractivity contribution in [1.82, 2.24) is 4.98 Å². The van der Waals surface area contributed by atoms with Crippen molar-refractivity contribution in [3.63, 3.8) is 0 Å². The Kier molecular flexibility index (Phi) is 6.02. The Morgan fingerprint density at radius 1 is 1.46 bits per heavy atom. The molecule has 126 valence electrons. The Labute approximate surface area is 142 Å². The molecule has 0 bridgehead atoms. The Morgan fingerprint density at radius 2 is 2.25 bits per heavy atom. The summed E-state index contributed by atoms with van der Waals surface area (Å²) in [7, 11) is 0. The Morgan fingerprint density at radius 3 is 2.96 bits per heavy atom. The molecule has 0 aliphatic carbocycles. The van der Waals surface area contributed by atoms with Crippen LogP contribution in [0.2, 0.25) is 0 Å². The first kappa shape index (κ1) is 17.6. The first-order chi connectivity index (χ1) is 11.5. The number of aromatic nitrogens is 1. The largest absolute Gasteiger partial charge is 0.451 e. The van der Waals surface area contributed by atoms with Gasteiger partial charge in [-0.05, 0) is 24.6 Å². The second-order valence-corrected chi connectivity index (χ2v) is 5.65. The number of anilines is 2. The molecule has 24 heavy (non-hydrogen) atoms. The summed E-state index contributed by atoms with van der Waals surface area (Å²) in [5.41, 5.74) is 0.883. The number of hydrogen-bond acceptors (Lipinski definition) is 6. The number of thiazole rings is 1. The molecular weight excluding hydrogens is 333 g/mol. The van der Waals surface area contributed by atoms with Gasteiger partial charge in [0.15, 0.2) is 17.4 Å². The molecule has 1 amide bonds. The maximum absolute atomic E-state index is 13.4. The predicted molar refractivity (Wildman–Crippen MR) is 90.8 cm³/mol. The average molecular weight is 349 g/mol. The van der Waals surface area contributed by atoms with E-state index < -0.39 is 24.3 Å². The van der Waals surface area contributed by atoms with Crippen LogP contribution in [0, 0.1) is 12.7 Å². The smallest absolute Gasteiger partial charge is 0.358 e. The zero-order chi connectivity index (χ0) is 17.5. The highest BCUT2D eigenvalue weighted by molar-refractivity contribution is 7.13. The summed E-state index contributed by atoms with van der Waals surface area (Å²) in [4.78, 5) is 27.6. The van der Waals surface area contributed by atoms with E-state index in [1.165, 1.54) is 22.8 Å². The summed E-state index contributed by atoms with van der Waals surface area (Å²) in [6, 6.07) is 4.31. The fraction of sp³-hybridized carbons (Fsp3) is 0.188. The van der Waals surface area contributed by atoms with Crippen LogP contribution in [-0.4, -0.2) is 30.0 Å². The monoisotopic (exact) mass is 349 g/mol. The number of esters is 1. The van der Waals surface area contributed by atoms with Crippen LogP contribution in [0.25, 0.3) is 0 Å². The van der Waals surface area contributed by atoms with Gasteiger partial charge in [0.05, 0.1) is 0 Å². The molecule has 1 aromatic carbocycles. The van der Waals surface area contributed by atoms with Crippen LogP contribution in [0.3, 0.4) is 0 Å². The lowest BCUT2D eigenvalue weighted by atomic mass is 10.2. The van der Waals surface area contributed by atoms with E-state index in [1.54, 1.807) is 25.1 Å². The second kappa shape index (κ2) is 8.21. The highest BCUT2D eigenvalue weighted by Crippen LogP contribution is 2.16. The third kappa shape index (κ3) is 4.88. The lowest BCUT2D eigenvalue weighted by Gasteiger charge is -2.06. The predicted octanol–water partition coefficient (Wildman–Crippen LogP) is 2.98. The molecule has 0 saturated heterocycles. The summed E-state index contributed by atoms with van der Waals surface area (Å²) in [6.07, 6.45) is 1.66. The zero-order valence-electron chi connectivity index (χ0n) is 13.0. The van der Waals surface area contributed by atoms with Crippen LogP contribution in [0.5, 0.6) is 0 Å². The third-order valence-corrected chi connectivity index (χ3v) is 3.70. The number of rotatable bonds is 7. The van der Waals surface area contributed by atoms with Crippen LogP contribution < -0.4 is 10.6 Å². The maximum atomic E-state index is 13.4. The van der Waals surface area contributed by atoms with E-state index in [9.17, 15) is 14.0 Å². The minimum atomic E-state index is -0.705. The van der Waals surface area contributed by atoms with Crippen molar-refractivity contribution in [2.75, 3.05) is 23.8 Å². The van der Waals surface area contributed by atoms with Crippen LogP contribution in [0.15, 0.2) is 36.2 Å². The SMILES string of the molecule is C=CCNc1nc(C(=O)OCC(=O)Nc2ccc(C)c(F)c2)cs1. The molecule has 1 heterocycles. The highest BCUT2D eigenvalue weighted by Gasteiger charge is 2.14. The van der Waals surface area contributed by atoms with Gasteiger partial charge in [0.1, 0.15) is 5.82 Å². The van der Waals surface area contributed by atoms with Crippen molar-refractivity contribution in [2.45, 2.75) is 6.92 Å². The van der Waals surface area contributed by atoms with Crippen molar-refractivity contribution >= 4 is 34.0 Å². The standard InChI is InChI=1S/C16H16FN3O3S/c1-3-6-18-16-20-13(9-24-16)15(22)23-8-14(21)19-11-5-4-10(2)12(17)7-11/h3-5,7,9H,1,6,8H2,2H3,(H,18,20)(H,19,21). The van der Waals surface area contributed by atoms with Crippen LogP contribution in [0.1, 0.15) is 16.1 Å². The molecule has 2 aromatic rings. The number of benzene rings is 1. The number of hydrogen-bond donors (Lipinski definition) is 2. The molecule has 0 aliphatic heterocycles. The summed E-state index contributed by atoms with van der Waals surface area (Å²) < 4.78 is 18.3. The number of nitrogens with zero attached hydrogens (tertiary/aromatic N) is 1. The van der Waals surface area contributed by atoms with E-state index in [0.29, 0.717) is 22.9 Å². The van der Waals surface area contributed by atoms with Crippen LogP contribution in [0.4, 0.5) is 15.2 Å². The van der Waals surface area contributed by atoms with Gasteiger partial charge >= 0.3 is 5.97 Å². The lowest BCUT2D eigenvalue weighted by Crippen LogP contribution is -2.21. The van der Waals surface area contributed by atoms with E-state index >= 15 is 0 Å². The summed E-state index contributed by atoms with van der Waals surface area (Å²) >= 11 is 1.24. The van der Waals surface area contributed by atoms with Gasteiger partial charge in [-0.1, -0.05) is 12.1 Å². The number of aryl methyl sites for hydroxylation is 1. The van der Waals surface area contributed by atoms with Crippen molar-refractivity contribution in [3.8, 4) is 0 Å². The van der Waals surface area contributed by atoms with Crippen LogP contribution >= 0.6 is 11.3 Å². The molecule has 0 unspecified atom stereocenters. The normalized spacial score (nSPS) is 10.1. The number of carbonyl (C=O) groups excluding carboxylic acids is 2. The Bertz CT molecular complexity index is 761. The molecule has 0 radical (unpaired) electrons. The lowest BCUT2D eigenvalue weighted by molar-refractivity contribution is -0.119. The van der Waals surface area contributed by atoms with E-state index in [1.807, 2.05) is 0 Å². The van der Waals surface area contributed by atoms with Gasteiger partial charge in [-0.15, -0.1) is 17.9 Å². The minimum Gasteiger partial charge on any atom is -0.451 e. The topological polar surface area (TPSA) is 80.3 Å². The molecule has 1 aromatic heterocycles. The molecule has 0 atom stereocenters. The van der Waals surface area contributed by atoms with Crippen molar-refractivity contribution < 1.29 is 18.7 Å². The van der Waals surface area contributed by atoms with Crippen LogP contribution in [-0.2, 0) is 9.53 Å². The molecule has 0 spiro atoms. The first-order valence-corrected chi connectivity index (χ1v) is 7.91. The number of ether oxygens (including phenoxy) is 1. The van der Waals surface area contributed by atoms with Gasteiger partial charge in [-0.25, -0.2) is 14.2 Å². The molecule has 6 nitrogen and oxygen atoms in total. The molecular formula is C16H16FN3O3S. The maximum Gasteiger partial charge on any atom is 0.358 e. The number of amides is 1.